The summed E-state index contributed by atoms with van der Waals surface area (Å²) in [4.78, 5) is 27.7. The predicted octanol–water partition coefficient (Wildman–Crippen LogP) is 1.23. The van der Waals surface area contributed by atoms with Gasteiger partial charge in [0.25, 0.3) is 0 Å². The number of H-pyrrole nitrogens is 1. The number of piperidine rings is 1. The second kappa shape index (κ2) is 11.4. The quantitative estimate of drug-likeness (QED) is 0.417. The van der Waals surface area contributed by atoms with Crippen molar-refractivity contribution in [3.8, 4) is 11.3 Å². The van der Waals surface area contributed by atoms with E-state index in [0.29, 0.717) is 50.6 Å². The molecule has 2 fully saturated rings. The molecule has 4 rings (SSSR count). The second-order valence-electron chi connectivity index (χ2n) is 8.69. The Kier molecular flexibility index (Phi) is 8.12. The molecule has 0 aliphatic carbocycles. The summed E-state index contributed by atoms with van der Waals surface area (Å²) in [6.07, 6.45) is 2.35. The number of benzene rings is 1. The molecule has 1 aromatic heterocycles. The second-order valence-corrected chi connectivity index (χ2v) is 9.09. The van der Waals surface area contributed by atoms with Gasteiger partial charge in [-0.25, -0.2) is 0 Å². The van der Waals surface area contributed by atoms with E-state index in [0.717, 1.165) is 23.4 Å². The van der Waals surface area contributed by atoms with E-state index in [1.54, 1.807) is 7.05 Å². The minimum Gasteiger partial charge on any atom is -0.376 e. The molecular formula is C24H32N6O3S. The lowest BCUT2D eigenvalue weighted by atomic mass is 9.89. The molecule has 2 aliphatic heterocycles. The van der Waals surface area contributed by atoms with Crippen LogP contribution in [0.25, 0.3) is 11.3 Å². The zero-order valence-electron chi connectivity index (χ0n) is 19.4. The molecule has 0 spiro atoms. The van der Waals surface area contributed by atoms with Gasteiger partial charge >= 0.3 is 0 Å². The van der Waals surface area contributed by atoms with Crippen LogP contribution in [0.5, 0.6) is 0 Å². The van der Waals surface area contributed by atoms with Crippen LogP contribution in [0.3, 0.4) is 0 Å². The molecule has 1 aromatic carbocycles. The number of nitrogens with zero attached hydrogens (tertiary/aromatic N) is 2. The van der Waals surface area contributed by atoms with Gasteiger partial charge in [0.2, 0.25) is 11.8 Å². The van der Waals surface area contributed by atoms with Crippen LogP contribution in [0.15, 0.2) is 36.4 Å². The van der Waals surface area contributed by atoms with E-state index >= 15 is 0 Å². The summed E-state index contributed by atoms with van der Waals surface area (Å²) in [7, 11) is 1.74. The predicted molar refractivity (Wildman–Crippen MR) is 133 cm³/mol. The Bertz CT molecular complexity index is 998. The maximum Gasteiger partial charge on any atom is 0.225 e. The van der Waals surface area contributed by atoms with Crippen molar-refractivity contribution >= 4 is 29.1 Å². The summed E-state index contributed by atoms with van der Waals surface area (Å²) in [6.45, 7) is 2.01. The highest BCUT2D eigenvalue weighted by Gasteiger charge is 2.43. The van der Waals surface area contributed by atoms with E-state index in [2.05, 4.69) is 26.1 Å². The number of aromatic amines is 1. The SMILES string of the molecule is CNC(=S)NCCC(=O)N1C[C@@H](C(=O)NCCc2cc(-c3ccccc3)n[nH]2)CC2OCCC21. The van der Waals surface area contributed by atoms with Crippen LogP contribution in [0.2, 0.25) is 0 Å². The lowest BCUT2D eigenvalue weighted by Crippen LogP contribution is -2.55. The molecule has 3 atom stereocenters. The molecule has 10 heteroatoms. The van der Waals surface area contributed by atoms with Gasteiger partial charge in [0, 0.05) is 57.4 Å². The van der Waals surface area contributed by atoms with Gasteiger partial charge in [-0.1, -0.05) is 30.3 Å². The van der Waals surface area contributed by atoms with Gasteiger partial charge in [-0.05, 0) is 31.1 Å². The summed E-state index contributed by atoms with van der Waals surface area (Å²) >= 11 is 5.07. The molecule has 9 nitrogen and oxygen atoms in total. The fraction of sp³-hybridized carbons (Fsp3) is 0.500. The Morgan fingerprint density at radius 1 is 1.24 bits per heavy atom. The van der Waals surface area contributed by atoms with Crippen molar-refractivity contribution in [2.24, 2.45) is 5.92 Å². The van der Waals surface area contributed by atoms with Gasteiger partial charge < -0.3 is 25.6 Å². The number of amides is 2. The van der Waals surface area contributed by atoms with Gasteiger partial charge in [-0.3, -0.25) is 14.7 Å². The van der Waals surface area contributed by atoms with E-state index < -0.39 is 0 Å². The molecule has 34 heavy (non-hydrogen) atoms. The monoisotopic (exact) mass is 484 g/mol. The first kappa shape index (κ1) is 24.2. The molecule has 2 saturated heterocycles. The van der Waals surface area contributed by atoms with Gasteiger partial charge in [0.05, 0.1) is 23.8 Å². The van der Waals surface area contributed by atoms with Crippen LogP contribution in [0, 0.1) is 5.92 Å². The normalized spacial score (nSPS) is 21.6. The Hall–Kier alpha value is -2.98. The van der Waals surface area contributed by atoms with Crippen LogP contribution in [0.1, 0.15) is 25.0 Å². The standard InChI is InChI=1S/C24H32N6O3S/c1-25-24(34)27-11-8-22(31)30-15-17(13-21-20(30)9-12-33-21)23(32)26-10-7-18-14-19(29-28-18)16-5-3-2-4-6-16/h2-6,14,17,20-21H,7-13,15H2,1H3,(H,26,32)(H,28,29)(H2,25,27,34)/t17-,20?,21?/m0/s1. The first-order chi connectivity index (χ1) is 16.5. The molecule has 0 saturated carbocycles. The number of hydrogen-bond acceptors (Lipinski definition) is 5. The molecule has 2 aliphatic rings. The summed E-state index contributed by atoms with van der Waals surface area (Å²) in [5.74, 6) is -0.296. The van der Waals surface area contributed by atoms with Crippen molar-refractivity contribution in [3.05, 3.63) is 42.1 Å². The molecule has 3 heterocycles. The molecule has 2 aromatic rings. The number of fused-ring (bicyclic) bond motifs is 1. The number of rotatable bonds is 8. The zero-order chi connectivity index (χ0) is 23.9. The number of ether oxygens (including phenoxy) is 1. The number of likely N-dealkylation sites (tertiary alicyclic amines) is 1. The lowest BCUT2D eigenvalue weighted by Gasteiger charge is -2.40. The van der Waals surface area contributed by atoms with Gasteiger partial charge in [0.1, 0.15) is 0 Å². The Morgan fingerprint density at radius 3 is 2.85 bits per heavy atom. The van der Waals surface area contributed by atoms with Gasteiger partial charge in [0.15, 0.2) is 5.11 Å². The minimum absolute atomic E-state index is 0.0234. The van der Waals surface area contributed by atoms with Crippen molar-refractivity contribution in [1.29, 1.82) is 0 Å². The number of carbonyl (C=O) groups is 2. The summed E-state index contributed by atoms with van der Waals surface area (Å²) in [5.41, 5.74) is 2.90. The summed E-state index contributed by atoms with van der Waals surface area (Å²) in [6, 6.07) is 12.0. The summed E-state index contributed by atoms with van der Waals surface area (Å²) in [5, 5.41) is 16.8. The number of hydrogen-bond donors (Lipinski definition) is 4. The molecule has 182 valence electrons. The molecule has 4 N–H and O–H groups in total. The van der Waals surface area contributed by atoms with E-state index in [9.17, 15) is 9.59 Å². The first-order valence-corrected chi connectivity index (χ1v) is 12.2. The summed E-state index contributed by atoms with van der Waals surface area (Å²) < 4.78 is 5.86. The Labute approximate surface area is 205 Å². The van der Waals surface area contributed by atoms with Gasteiger partial charge in [-0.15, -0.1) is 0 Å². The molecule has 2 unspecified atom stereocenters. The van der Waals surface area contributed by atoms with E-state index in [1.807, 2.05) is 41.3 Å². The molecular weight excluding hydrogens is 452 g/mol. The third kappa shape index (κ3) is 5.92. The van der Waals surface area contributed by atoms with Crippen LogP contribution in [-0.2, 0) is 20.7 Å². The molecule has 2 amide bonds. The third-order valence-corrected chi connectivity index (χ3v) is 6.79. The zero-order valence-corrected chi connectivity index (χ0v) is 20.2. The first-order valence-electron chi connectivity index (χ1n) is 11.8. The van der Waals surface area contributed by atoms with Gasteiger partial charge in [-0.2, -0.15) is 5.10 Å². The van der Waals surface area contributed by atoms with Crippen molar-refractivity contribution in [1.82, 2.24) is 31.0 Å². The number of nitrogens with one attached hydrogen (secondary N) is 4. The number of aromatic nitrogens is 2. The Morgan fingerprint density at radius 2 is 2.06 bits per heavy atom. The highest BCUT2D eigenvalue weighted by molar-refractivity contribution is 7.80. The van der Waals surface area contributed by atoms with E-state index in [-0.39, 0.29) is 29.9 Å². The highest BCUT2D eigenvalue weighted by atomic mass is 32.1. The maximum atomic E-state index is 12.9. The molecule has 0 bridgehead atoms. The van der Waals surface area contributed by atoms with Crippen LogP contribution in [-0.4, -0.2) is 77.5 Å². The maximum absolute atomic E-state index is 12.9. The topological polar surface area (TPSA) is 111 Å². The number of thiocarbonyl (C=S) groups is 1. The van der Waals surface area contributed by atoms with Crippen molar-refractivity contribution < 1.29 is 14.3 Å². The fourth-order valence-electron chi connectivity index (χ4n) is 4.65. The highest BCUT2D eigenvalue weighted by Crippen LogP contribution is 2.32. The lowest BCUT2D eigenvalue weighted by molar-refractivity contribution is -0.142. The van der Waals surface area contributed by atoms with E-state index in [4.69, 9.17) is 17.0 Å². The average molecular weight is 485 g/mol. The number of carbonyl (C=O) groups excluding carboxylic acids is 2. The van der Waals surface area contributed by atoms with Crippen LogP contribution in [0.4, 0.5) is 0 Å². The van der Waals surface area contributed by atoms with Crippen LogP contribution < -0.4 is 16.0 Å². The van der Waals surface area contributed by atoms with Crippen LogP contribution >= 0.6 is 12.2 Å². The average Bonchev–Trinajstić information content (AvgIpc) is 3.53. The third-order valence-electron chi connectivity index (χ3n) is 6.45. The Balaban J connectivity index is 1.28. The van der Waals surface area contributed by atoms with E-state index in [1.165, 1.54) is 0 Å². The van der Waals surface area contributed by atoms with Crippen molar-refractivity contribution in [2.75, 3.05) is 33.3 Å². The molecule has 0 radical (unpaired) electrons. The van der Waals surface area contributed by atoms with Crippen molar-refractivity contribution in [2.45, 2.75) is 37.8 Å². The fourth-order valence-corrected chi connectivity index (χ4v) is 4.75. The minimum atomic E-state index is -0.281. The van der Waals surface area contributed by atoms with Crippen molar-refractivity contribution in [3.63, 3.8) is 0 Å². The smallest absolute Gasteiger partial charge is 0.225 e. The largest absolute Gasteiger partial charge is 0.376 e.